The fourth-order valence-corrected chi connectivity index (χ4v) is 3.77. The molecule has 4 nitrogen and oxygen atoms in total. The molecule has 1 aliphatic carbocycles. The van der Waals surface area contributed by atoms with Crippen LogP contribution in [0.25, 0.3) is 0 Å². The molecule has 1 N–H and O–H groups in total. The van der Waals surface area contributed by atoms with Crippen LogP contribution in [-0.4, -0.2) is 34.4 Å². The number of nitrogens with zero attached hydrogens (tertiary/aromatic N) is 3. The van der Waals surface area contributed by atoms with Crippen molar-refractivity contribution in [3.05, 3.63) is 11.3 Å². The van der Waals surface area contributed by atoms with Gasteiger partial charge in [-0.1, -0.05) is 6.42 Å². The minimum absolute atomic E-state index is 0.503. The molecule has 0 spiro atoms. The lowest BCUT2D eigenvalue weighted by Crippen LogP contribution is -2.47. The van der Waals surface area contributed by atoms with Crippen molar-refractivity contribution >= 4 is 16.5 Å². The zero-order valence-electron chi connectivity index (χ0n) is 11.4. The maximum Gasteiger partial charge on any atom is 0.127 e. The van der Waals surface area contributed by atoms with Crippen molar-refractivity contribution in [2.45, 2.75) is 51.1 Å². The van der Waals surface area contributed by atoms with Crippen LogP contribution in [0.2, 0.25) is 0 Å². The topological polar surface area (TPSA) is 52.0 Å². The van der Waals surface area contributed by atoms with Crippen LogP contribution in [0.4, 0.5) is 5.00 Å². The fraction of sp³-hybridized carbons (Fsp3) is 0.714. The standard InChI is InChI=1S/C14H20N4S/c1-10-13(9-15)14(19-17-10)16-11-5-7-18(8-6-11)12-3-2-4-12/h11-12,16H,2-8H2,1H3. The first-order chi connectivity index (χ1) is 9.28. The lowest BCUT2D eigenvalue weighted by molar-refractivity contribution is 0.101. The summed E-state index contributed by atoms with van der Waals surface area (Å²) >= 11 is 1.42. The third-order valence-corrected chi connectivity index (χ3v) is 5.30. The van der Waals surface area contributed by atoms with E-state index in [1.165, 1.54) is 56.7 Å². The van der Waals surface area contributed by atoms with Gasteiger partial charge in [-0.15, -0.1) is 0 Å². The molecule has 5 heteroatoms. The third kappa shape index (κ3) is 2.60. The molecule has 2 fully saturated rings. The first-order valence-corrected chi connectivity index (χ1v) is 7.92. The van der Waals surface area contributed by atoms with Crippen LogP contribution in [0.5, 0.6) is 0 Å². The van der Waals surface area contributed by atoms with Crippen LogP contribution in [0, 0.1) is 18.3 Å². The summed E-state index contributed by atoms with van der Waals surface area (Å²) in [7, 11) is 0. The van der Waals surface area contributed by atoms with E-state index in [9.17, 15) is 0 Å². The Bertz CT molecular complexity index is 478. The van der Waals surface area contributed by atoms with Gasteiger partial charge in [-0.25, -0.2) is 0 Å². The van der Waals surface area contributed by atoms with Crippen LogP contribution in [0.15, 0.2) is 0 Å². The van der Waals surface area contributed by atoms with Gasteiger partial charge in [0.2, 0.25) is 0 Å². The molecule has 0 aromatic carbocycles. The fourth-order valence-electron chi connectivity index (χ4n) is 2.95. The summed E-state index contributed by atoms with van der Waals surface area (Å²) in [5, 5.41) is 13.6. The van der Waals surface area contributed by atoms with E-state index >= 15 is 0 Å². The highest BCUT2D eigenvalue weighted by Crippen LogP contribution is 2.30. The van der Waals surface area contributed by atoms with E-state index < -0.39 is 0 Å². The summed E-state index contributed by atoms with van der Waals surface area (Å²) in [6, 6.07) is 3.62. The zero-order valence-corrected chi connectivity index (χ0v) is 12.2. The predicted molar refractivity (Wildman–Crippen MR) is 77.4 cm³/mol. The van der Waals surface area contributed by atoms with Crippen molar-refractivity contribution in [1.29, 1.82) is 5.26 Å². The second kappa shape index (κ2) is 5.48. The van der Waals surface area contributed by atoms with Crippen molar-refractivity contribution in [2.24, 2.45) is 0 Å². The molecule has 3 rings (SSSR count). The number of nitrogens with one attached hydrogen (secondary N) is 1. The maximum absolute atomic E-state index is 9.14. The highest BCUT2D eigenvalue weighted by molar-refractivity contribution is 7.10. The van der Waals surface area contributed by atoms with E-state index in [4.69, 9.17) is 5.26 Å². The quantitative estimate of drug-likeness (QED) is 0.922. The predicted octanol–water partition coefficient (Wildman–Crippen LogP) is 2.75. The number of aromatic nitrogens is 1. The Morgan fingerprint density at radius 2 is 2.05 bits per heavy atom. The molecule has 0 radical (unpaired) electrons. The molecule has 19 heavy (non-hydrogen) atoms. The van der Waals surface area contributed by atoms with Gasteiger partial charge < -0.3 is 10.2 Å². The number of hydrogen-bond acceptors (Lipinski definition) is 5. The van der Waals surface area contributed by atoms with Gasteiger partial charge in [0.15, 0.2) is 0 Å². The Kier molecular flexibility index (Phi) is 3.72. The van der Waals surface area contributed by atoms with E-state index in [1.54, 1.807) is 0 Å². The lowest BCUT2D eigenvalue weighted by Gasteiger charge is -2.42. The molecule has 0 atom stereocenters. The molecular formula is C14H20N4S. The summed E-state index contributed by atoms with van der Waals surface area (Å²) in [4.78, 5) is 2.64. The third-order valence-electron chi connectivity index (χ3n) is 4.43. The average Bonchev–Trinajstić information content (AvgIpc) is 2.70. The van der Waals surface area contributed by atoms with E-state index in [1.807, 2.05) is 6.92 Å². The van der Waals surface area contributed by atoms with Crippen LogP contribution in [0.1, 0.15) is 43.4 Å². The van der Waals surface area contributed by atoms with Crippen molar-refractivity contribution < 1.29 is 0 Å². The van der Waals surface area contributed by atoms with E-state index in [-0.39, 0.29) is 0 Å². The highest BCUT2D eigenvalue weighted by Gasteiger charge is 2.29. The monoisotopic (exact) mass is 276 g/mol. The Morgan fingerprint density at radius 3 is 2.63 bits per heavy atom. The van der Waals surface area contributed by atoms with E-state index in [0.29, 0.717) is 6.04 Å². The minimum Gasteiger partial charge on any atom is -0.372 e. The van der Waals surface area contributed by atoms with Gasteiger partial charge in [-0.2, -0.15) is 9.64 Å². The molecule has 2 aliphatic rings. The SMILES string of the molecule is Cc1nsc(NC2CCN(C3CCC3)CC2)c1C#N. The lowest BCUT2D eigenvalue weighted by atomic mass is 9.89. The second-order valence-corrected chi connectivity index (χ2v) is 6.40. The van der Waals surface area contributed by atoms with Gasteiger partial charge in [0.05, 0.1) is 5.69 Å². The summed E-state index contributed by atoms with van der Waals surface area (Å²) < 4.78 is 4.26. The number of rotatable bonds is 3. The first kappa shape index (κ1) is 12.9. The van der Waals surface area contributed by atoms with E-state index in [0.717, 1.165) is 22.3 Å². The van der Waals surface area contributed by atoms with Gasteiger partial charge in [-0.3, -0.25) is 0 Å². The van der Waals surface area contributed by atoms with Gasteiger partial charge in [-0.05, 0) is 44.1 Å². The molecular weight excluding hydrogens is 256 g/mol. The van der Waals surface area contributed by atoms with Gasteiger partial charge >= 0.3 is 0 Å². The van der Waals surface area contributed by atoms with Crippen LogP contribution in [0.3, 0.4) is 0 Å². The van der Waals surface area contributed by atoms with Gasteiger partial charge in [0.25, 0.3) is 0 Å². The molecule has 0 unspecified atom stereocenters. The number of likely N-dealkylation sites (tertiary alicyclic amines) is 1. The molecule has 0 bridgehead atoms. The largest absolute Gasteiger partial charge is 0.372 e. The number of nitriles is 1. The Morgan fingerprint density at radius 1 is 1.32 bits per heavy atom. The Hall–Kier alpha value is -1.12. The van der Waals surface area contributed by atoms with Crippen LogP contribution in [-0.2, 0) is 0 Å². The summed E-state index contributed by atoms with van der Waals surface area (Å²) in [6.45, 7) is 4.30. The highest BCUT2D eigenvalue weighted by atomic mass is 32.1. The molecule has 0 amide bonds. The Balaban J connectivity index is 1.55. The Labute approximate surface area is 118 Å². The molecule has 1 aliphatic heterocycles. The molecule has 102 valence electrons. The van der Waals surface area contributed by atoms with Crippen LogP contribution < -0.4 is 5.32 Å². The summed E-state index contributed by atoms with van der Waals surface area (Å²) in [6.07, 6.45) is 6.56. The second-order valence-electron chi connectivity index (χ2n) is 5.62. The zero-order chi connectivity index (χ0) is 13.2. The molecule has 2 heterocycles. The first-order valence-electron chi connectivity index (χ1n) is 7.15. The van der Waals surface area contributed by atoms with Crippen molar-refractivity contribution in [3.63, 3.8) is 0 Å². The molecule has 1 saturated carbocycles. The van der Waals surface area contributed by atoms with Crippen LogP contribution >= 0.6 is 11.5 Å². The van der Waals surface area contributed by atoms with Crippen molar-refractivity contribution in [3.8, 4) is 6.07 Å². The van der Waals surface area contributed by atoms with Gasteiger partial charge in [0.1, 0.15) is 16.6 Å². The van der Waals surface area contributed by atoms with Gasteiger partial charge in [0, 0.05) is 25.2 Å². The molecule has 1 aromatic heterocycles. The number of aryl methyl sites for hydroxylation is 1. The van der Waals surface area contributed by atoms with E-state index in [2.05, 4.69) is 20.7 Å². The number of hydrogen-bond donors (Lipinski definition) is 1. The summed E-state index contributed by atoms with van der Waals surface area (Å²) in [5.74, 6) is 0. The average molecular weight is 276 g/mol. The maximum atomic E-state index is 9.14. The molecule has 1 saturated heterocycles. The number of anilines is 1. The smallest absolute Gasteiger partial charge is 0.127 e. The normalized spacial score (nSPS) is 21.9. The number of piperidine rings is 1. The minimum atomic E-state index is 0.503. The molecule has 1 aromatic rings. The summed E-state index contributed by atoms with van der Waals surface area (Å²) in [5.41, 5.74) is 1.58. The van der Waals surface area contributed by atoms with Crippen molar-refractivity contribution in [1.82, 2.24) is 9.27 Å². The van der Waals surface area contributed by atoms with Crippen molar-refractivity contribution in [2.75, 3.05) is 18.4 Å².